The lowest BCUT2D eigenvalue weighted by molar-refractivity contribution is 0.742. The van der Waals surface area contributed by atoms with Gasteiger partial charge < -0.3 is 4.57 Å². The molecule has 3 aromatic heterocycles. The van der Waals surface area contributed by atoms with Crippen LogP contribution in [0.15, 0.2) is 42.7 Å². The van der Waals surface area contributed by atoms with E-state index in [4.69, 9.17) is 4.98 Å². The Morgan fingerprint density at radius 3 is 2.74 bits per heavy atom. The molecule has 1 aliphatic rings. The van der Waals surface area contributed by atoms with E-state index in [9.17, 15) is 0 Å². The van der Waals surface area contributed by atoms with Gasteiger partial charge in [0.15, 0.2) is 0 Å². The van der Waals surface area contributed by atoms with E-state index in [-0.39, 0.29) is 0 Å². The summed E-state index contributed by atoms with van der Waals surface area (Å²) in [6.07, 6.45) is 5.73. The molecule has 112 valence electrons. The third kappa shape index (κ3) is 2.62. The maximum absolute atomic E-state index is 4.80. The number of hydrogen-bond donors (Lipinski definition) is 0. The second-order valence-corrected chi connectivity index (χ2v) is 5.63. The highest BCUT2D eigenvalue weighted by Crippen LogP contribution is 2.27. The van der Waals surface area contributed by atoms with E-state index in [1.165, 1.54) is 0 Å². The Bertz CT molecular complexity index is 914. The van der Waals surface area contributed by atoms with Gasteiger partial charge in [0.25, 0.3) is 0 Å². The molecule has 4 heteroatoms. The predicted molar refractivity (Wildman–Crippen MR) is 88.7 cm³/mol. The molecule has 23 heavy (non-hydrogen) atoms. The summed E-state index contributed by atoms with van der Waals surface area (Å²) in [5.41, 5.74) is 4.75. The standard InChI is InChI=1S/C19H16N4/c1-14-4-2-5-16(21-14)7-8-17-19(15-9-11-20-12-10-15)22-18-6-3-13-23(17)18/h2,4-5,9-12H,3,6,13H2,1H3. The van der Waals surface area contributed by atoms with E-state index < -0.39 is 0 Å². The zero-order valence-electron chi connectivity index (χ0n) is 13.0. The molecule has 0 saturated heterocycles. The summed E-state index contributed by atoms with van der Waals surface area (Å²) >= 11 is 0. The molecule has 0 aliphatic carbocycles. The minimum Gasteiger partial charge on any atom is -0.321 e. The molecule has 0 spiro atoms. The zero-order valence-corrected chi connectivity index (χ0v) is 13.0. The van der Waals surface area contributed by atoms with Crippen molar-refractivity contribution in [3.05, 3.63) is 65.6 Å². The van der Waals surface area contributed by atoms with Gasteiger partial charge in [0.1, 0.15) is 22.9 Å². The van der Waals surface area contributed by atoms with Crippen molar-refractivity contribution in [3.8, 4) is 23.1 Å². The Morgan fingerprint density at radius 1 is 1.04 bits per heavy atom. The molecule has 4 rings (SSSR count). The van der Waals surface area contributed by atoms with Crippen LogP contribution in [0.3, 0.4) is 0 Å². The molecule has 0 aromatic carbocycles. The van der Waals surface area contributed by atoms with Crippen LogP contribution in [0.1, 0.15) is 29.3 Å². The van der Waals surface area contributed by atoms with Gasteiger partial charge in [-0.15, -0.1) is 0 Å². The maximum atomic E-state index is 4.80. The number of aryl methyl sites for hydroxylation is 2. The summed E-state index contributed by atoms with van der Waals surface area (Å²) in [5.74, 6) is 7.62. The highest BCUT2D eigenvalue weighted by Gasteiger charge is 2.20. The van der Waals surface area contributed by atoms with E-state index in [2.05, 4.69) is 26.4 Å². The fourth-order valence-corrected chi connectivity index (χ4v) is 2.90. The van der Waals surface area contributed by atoms with Crippen molar-refractivity contribution in [3.63, 3.8) is 0 Å². The van der Waals surface area contributed by atoms with Crippen LogP contribution in [0.5, 0.6) is 0 Å². The monoisotopic (exact) mass is 300 g/mol. The molecule has 0 amide bonds. The van der Waals surface area contributed by atoms with Crippen LogP contribution in [0, 0.1) is 18.8 Å². The minimum atomic E-state index is 0.791. The third-order valence-electron chi connectivity index (χ3n) is 3.98. The van der Waals surface area contributed by atoms with Crippen molar-refractivity contribution in [1.29, 1.82) is 0 Å². The molecule has 4 nitrogen and oxygen atoms in total. The minimum absolute atomic E-state index is 0.791. The quantitative estimate of drug-likeness (QED) is 0.649. The number of fused-ring (bicyclic) bond motifs is 1. The summed E-state index contributed by atoms with van der Waals surface area (Å²) in [5, 5.41) is 0. The van der Waals surface area contributed by atoms with Crippen molar-refractivity contribution < 1.29 is 0 Å². The van der Waals surface area contributed by atoms with Crippen molar-refractivity contribution in [2.24, 2.45) is 0 Å². The summed E-state index contributed by atoms with van der Waals surface area (Å²) in [6.45, 7) is 2.96. The Morgan fingerprint density at radius 2 is 1.91 bits per heavy atom. The molecule has 3 aromatic rings. The molecule has 0 bridgehead atoms. The van der Waals surface area contributed by atoms with Crippen LogP contribution in [-0.4, -0.2) is 19.5 Å². The first-order chi connectivity index (χ1) is 11.3. The number of aromatic nitrogens is 4. The molecule has 1 aliphatic heterocycles. The van der Waals surface area contributed by atoms with Gasteiger partial charge in [-0.1, -0.05) is 6.07 Å². The van der Waals surface area contributed by atoms with Crippen molar-refractivity contribution in [2.45, 2.75) is 26.3 Å². The number of pyridine rings is 2. The fraction of sp³-hybridized carbons (Fsp3) is 0.211. The first kappa shape index (κ1) is 13.7. The van der Waals surface area contributed by atoms with Crippen LogP contribution < -0.4 is 0 Å². The van der Waals surface area contributed by atoms with Gasteiger partial charge in [-0.05, 0) is 49.5 Å². The number of hydrogen-bond acceptors (Lipinski definition) is 3. The van der Waals surface area contributed by atoms with Crippen LogP contribution in [0.2, 0.25) is 0 Å². The first-order valence-electron chi connectivity index (χ1n) is 7.77. The average Bonchev–Trinajstić information content (AvgIpc) is 3.15. The normalized spacial score (nSPS) is 12.6. The van der Waals surface area contributed by atoms with Crippen molar-refractivity contribution in [1.82, 2.24) is 19.5 Å². The van der Waals surface area contributed by atoms with Crippen molar-refractivity contribution in [2.75, 3.05) is 0 Å². The molecular formula is C19H16N4. The number of imidazole rings is 1. The van der Waals surface area contributed by atoms with Crippen LogP contribution in [-0.2, 0) is 13.0 Å². The maximum Gasteiger partial charge on any atom is 0.120 e. The largest absolute Gasteiger partial charge is 0.321 e. The molecule has 0 unspecified atom stereocenters. The Hall–Kier alpha value is -2.93. The van der Waals surface area contributed by atoms with Crippen molar-refractivity contribution >= 4 is 0 Å². The molecule has 0 saturated carbocycles. The number of rotatable bonds is 1. The van der Waals surface area contributed by atoms with Gasteiger partial charge in [-0.25, -0.2) is 9.97 Å². The SMILES string of the molecule is Cc1cccc(C#Cc2c(-c3ccncc3)nc3n2CCC3)n1. The lowest BCUT2D eigenvalue weighted by atomic mass is 10.1. The average molecular weight is 300 g/mol. The Kier molecular flexibility index (Phi) is 3.39. The summed E-state index contributed by atoms with van der Waals surface area (Å²) in [4.78, 5) is 13.3. The molecule has 0 radical (unpaired) electrons. The second kappa shape index (κ2) is 5.69. The predicted octanol–water partition coefficient (Wildman–Crippen LogP) is 2.99. The topological polar surface area (TPSA) is 43.6 Å². The van der Waals surface area contributed by atoms with Gasteiger partial charge in [-0.2, -0.15) is 0 Å². The molecular weight excluding hydrogens is 284 g/mol. The van der Waals surface area contributed by atoms with E-state index >= 15 is 0 Å². The van der Waals surface area contributed by atoms with E-state index in [1.54, 1.807) is 12.4 Å². The Labute approximate surface area is 135 Å². The van der Waals surface area contributed by atoms with Gasteiger partial charge in [0.05, 0.1) is 0 Å². The summed E-state index contributed by atoms with van der Waals surface area (Å²) in [6, 6.07) is 9.86. The molecule has 0 atom stereocenters. The van der Waals surface area contributed by atoms with Crippen LogP contribution in [0.25, 0.3) is 11.3 Å². The first-order valence-corrected chi connectivity index (χ1v) is 7.77. The molecule has 0 fully saturated rings. The van der Waals surface area contributed by atoms with E-state index in [0.29, 0.717) is 0 Å². The lowest BCUT2D eigenvalue weighted by Gasteiger charge is -2.01. The highest BCUT2D eigenvalue weighted by atomic mass is 15.1. The third-order valence-corrected chi connectivity index (χ3v) is 3.98. The lowest BCUT2D eigenvalue weighted by Crippen LogP contribution is -1.97. The highest BCUT2D eigenvalue weighted by molar-refractivity contribution is 5.66. The molecule has 0 N–H and O–H groups in total. The van der Waals surface area contributed by atoms with Gasteiger partial charge in [0, 0.05) is 36.6 Å². The summed E-state index contributed by atoms with van der Waals surface area (Å²) < 4.78 is 2.23. The zero-order chi connectivity index (χ0) is 15.6. The smallest absolute Gasteiger partial charge is 0.120 e. The van der Waals surface area contributed by atoms with E-state index in [0.717, 1.165) is 53.5 Å². The van der Waals surface area contributed by atoms with Gasteiger partial charge in [0.2, 0.25) is 0 Å². The second-order valence-electron chi connectivity index (χ2n) is 5.63. The number of nitrogens with zero attached hydrogens (tertiary/aromatic N) is 4. The molecule has 4 heterocycles. The van der Waals surface area contributed by atoms with Gasteiger partial charge in [-0.3, -0.25) is 4.98 Å². The Balaban J connectivity index is 1.82. The van der Waals surface area contributed by atoms with Crippen LogP contribution in [0.4, 0.5) is 0 Å². The van der Waals surface area contributed by atoms with Crippen LogP contribution >= 0.6 is 0 Å². The summed E-state index contributed by atoms with van der Waals surface area (Å²) in [7, 11) is 0. The fourth-order valence-electron chi connectivity index (χ4n) is 2.90. The van der Waals surface area contributed by atoms with Gasteiger partial charge >= 0.3 is 0 Å². The van der Waals surface area contributed by atoms with E-state index in [1.807, 2.05) is 37.3 Å².